The number of hydrogen-bond acceptors (Lipinski definition) is 0. The van der Waals surface area contributed by atoms with Crippen LogP contribution in [-0.2, 0) is 21.7 Å². The Morgan fingerprint density at radius 3 is 1.56 bits per heavy atom. The summed E-state index contributed by atoms with van der Waals surface area (Å²) < 4.78 is 0. The molecule has 0 atom stereocenters. The number of hydrogen-bond donors (Lipinski definition) is 0. The van der Waals surface area contributed by atoms with E-state index in [4.69, 9.17) is 6.58 Å². The van der Waals surface area contributed by atoms with Crippen molar-refractivity contribution in [1.29, 1.82) is 0 Å². The third-order valence-corrected chi connectivity index (χ3v) is 0.304. The molecule has 0 spiro atoms. The summed E-state index contributed by atoms with van der Waals surface area (Å²) in [6.45, 7) is 6.85. The van der Waals surface area contributed by atoms with Gasteiger partial charge >= 0.3 is 21.7 Å². The summed E-state index contributed by atoms with van der Waals surface area (Å²) in [5.41, 5.74) is 0. The van der Waals surface area contributed by atoms with Gasteiger partial charge in [-0.1, -0.05) is 6.92 Å². The normalized spacial score (nSPS) is 5.00. The first-order valence-corrected chi connectivity index (χ1v) is 1.58. The summed E-state index contributed by atoms with van der Waals surface area (Å²) >= 11 is 0. The average Bonchev–Trinajstić information content (AvgIpc) is 1.41. The molecule has 0 aliphatic heterocycles. The Kier molecular flexibility index (Phi) is 137. The molecular weight excluding hydrogens is 191 g/mol. The topological polar surface area (TPSA) is 0 Å². The molecule has 0 radical (unpaired) electrons. The van der Waals surface area contributed by atoms with Crippen LogP contribution in [0.25, 0.3) is 0 Å². The Morgan fingerprint density at radius 2 is 1.56 bits per heavy atom. The van der Waals surface area contributed by atoms with Crippen LogP contribution in [0.15, 0.2) is 18.2 Å². The fourth-order valence-corrected chi connectivity index (χ4v) is 0.111. The summed E-state index contributed by atoms with van der Waals surface area (Å²) in [5, 5.41) is 0. The summed E-state index contributed by atoms with van der Waals surface area (Å²) in [4.78, 5) is 0. The van der Waals surface area contributed by atoms with Gasteiger partial charge in [0.05, 0.1) is 0 Å². The molecular formula is C6H10Cl2Ti. The van der Waals surface area contributed by atoms with Gasteiger partial charge in [0.25, 0.3) is 0 Å². The Labute approximate surface area is 85.5 Å². The maximum Gasteiger partial charge on any atom is 4.00 e. The van der Waals surface area contributed by atoms with E-state index in [9.17, 15) is 0 Å². The number of allylic oxidation sites excluding steroid dienone is 3. The standard InChI is InChI=1S/C5H7.CH3.2ClH.Ti/c1-3-5-4-2;;;;/h1,3-5H,2H3;1H3;2*1H;/q2*-1;;;+4/p-2. The fourth-order valence-electron chi connectivity index (χ4n) is 0.111. The first-order valence-electron chi connectivity index (χ1n) is 1.58. The molecule has 0 unspecified atom stereocenters. The quantitative estimate of drug-likeness (QED) is 0.230. The van der Waals surface area contributed by atoms with Crippen LogP contribution in [0.2, 0.25) is 0 Å². The van der Waals surface area contributed by atoms with Crippen LogP contribution in [0, 0.1) is 14.0 Å². The van der Waals surface area contributed by atoms with E-state index in [1.165, 1.54) is 6.08 Å². The van der Waals surface area contributed by atoms with E-state index >= 15 is 0 Å². The molecule has 3 heteroatoms. The first kappa shape index (κ1) is 33.0. The second-order valence-corrected chi connectivity index (χ2v) is 0.718. The minimum absolute atomic E-state index is 0. The van der Waals surface area contributed by atoms with E-state index in [-0.39, 0.29) is 54.0 Å². The van der Waals surface area contributed by atoms with Crippen molar-refractivity contribution in [3.63, 3.8) is 0 Å². The first-order chi connectivity index (χ1) is 2.41. The second kappa shape index (κ2) is 37.2. The average molecular weight is 201 g/mol. The Bertz CT molecular complexity index is 53.0. The monoisotopic (exact) mass is 200 g/mol. The van der Waals surface area contributed by atoms with Crippen LogP contribution in [0.1, 0.15) is 6.92 Å². The summed E-state index contributed by atoms with van der Waals surface area (Å²) in [7, 11) is 0. The molecule has 0 nitrogen and oxygen atoms in total. The number of halogens is 2. The van der Waals surface area contributed by atoms with Crippen molar-refractivity contribution in [2.75, 3.05) is 0 Å². The molecule has 0 rings (SSSR count). The maximum absolute atomic E-state index is 4.93. The molecule has 0 amide bonds. The van der Waals surface area contributed by atoms with E-state index in [0.717, 1.165) is 0 Å². The van der Waals surface area contributed by atoms with Crippen LogP contribution < -0.4 is 24.8 Å². The summed E-state index contributed by atoms with van der Waals surface area (Å²) in [5.74, 6) is 0. The molecule has 9 heavy (non-hydrogen) atoms. The third kappa shape index (κ3) is 52.3. The number of rotatable bonds is 1. The molecule has 0 aliphatic carbocycles. The van der Waals surface area contributed by atoms with E-state index in [1.807, 2.05) is 13.0 Å². The van der Waals surface area contributed by atoms with Crippen molar-refractivity contribution in [2.45, 2.75) is 6.92 Å². The Morgan fingerprint density at radius 1 is 1.22 bits per heavy atom. The predicted octanol–water partition coefficient (Wildman–Crippen LogP) is -3.99. The zero-order chi connectivity index (χ0) is 4.12. The summed E-state index contributed by atoms with van der Waals surface area (Å²) in [6, 6.07) is 0. The van der Waals surface area contributed by atoms with Gasteiger partial charge in [-0.25, -0.2) is 12.2 Å². The molecule has 0 fully saturated rings. The van der Waals surface area contributed by atoms with Gasteiger partial charge in [-0.05, 0) is 0 Å². The van der Waals surface area contributed by atoms with Crippen LogP contribution in [0.5, 0.6) is 0 Å². The van der Waals surface area contributed by atoms with E-state index in [0.29, 0.717) is 0 Å². The Balaban J connectivity index is -0.0000000133. The zero-order valence-corrected chi connectivity index (χ0v) is 8.64. The molecule has 0 aromatic carbocycles. The van der Waals surface area contributed by atoms with Crippen LogP contribution in [0.4, 0.5) is 0 Å². The van der Waals surface area contributed by atoms with Gasteiger partial charge in [0.2, 0.25) is 0 Å². The summed E-state index contributed by atoms with van der Waals surface area (Å²) in [6.07, 6.45) is 5.15. The minimum atomic E-state index is 0. The van der Waals surface area contributed by atoms with Gasteiger partial charge in [-0.3, -0.25) is 6.58 Å². The third-order valence-electron chi connectivity index (χ3n) is 0.304. The van der Waals surface area contributed by atoms with Crippen molar-refractivity contribution in [3.8, 4) is 0 Å². The van der Waals surface area contributed by atoms with E-state index in [2.05, 4.69) is 0 Å². The molecule has 0 N–H and O–H groups in total. The second-order valence-electron chi connectivity index (χ2n) is 0.718. The molecule has 0 heterocycles. The predicted molar refractivity (Wildman–Crippen MR) is 30.1 cm³/mol. The van der Waals surface area contributed by atoms with E-state index in [1.54, 1.807) is 6.08 Å². The van der Waals surface area contributed by atoms with Crippen molar-refractivity contribution >= 4 is 0 Å². The van der Waals surface area contributed by atoms with Crippen LogP contribution >= 0.6 is 0 Å². The van der Waals surface area contributed by atoms with Gasteiger partial charge in [0, 0.05) is 0 Å². The van der Waals surface area contributed by atoms with Gasteiger partial charge in [0.15, 0.2) is 0 Å². The van der Waals surface area contributed by atoms with E-state index < -0.39 is 0 Å². The van der Waals surface area contributed by atoms with Crippen molar-refractivity contribution in [1.82, 2.24) is 0 Å². The molecule has 0 bridgehead atoms. The molecule has 0 aromatic rings. The van der Waals surface area contributed by atoms with Gasteiger partial charge < -0.3 is 32.2 Å². The zero-order valence-electron chi connectivity index (χ0n) is 5.57. The van der Waals surface area contributed by atoms with Crippen LogP contribution in [-0.4, -0.2) is 0 Å². The molecule has 0 saturated heterocycles. The maximum atomic E-state index is 4.93. The van der Waals surface area contributed by atoms with Crippen LogP contribution in [0.3, 0.4) is 0 Å². The van der Waals surface area contributed by atoms with Crippen molar-refractivity contribution in [2.24, 2.45) is 0 Å². The SMILES string of the molecule is [CH-]=CC=CC.[CH3-].[Cl-].[Cl-].[Ti+4]. The molecule has 52 valence electrons. The van der Waals surface area contributed by atoms with Gasteiger partial charge in [-0.2, -0.15) is 6.08 Å². The largest absolute Gasteiger partial charge is 4.00 e. The van der Waals surface area contributed by atoms with Crippen molar-refractivity contribution in [3.05, 3.63) is 32.2 Å². The molecule has 0 saturated carbocycles. The van der Waals surface area contributed by atoms with Gasteiger partial charge in [-0.15, -0.1) is 0 Å². The molecule has 0 aliphatic rings. The van der Waals surface area contributed by atoms with Gasteiger partial charge in [0.1, 0.15) is 0 Å². The Hall–Kier alpha value is 0.774. The van der Waals surface area contributed by atoms with Crippen molar-refractivity contribution < 1.29 is 46.5 Å². The smallest absolute Gasteiger partial charge is 1.00 e. The fraction of sp³-hybridized carbons (Fsp3) is 0.167. The molecule has 0 aromatic heterocycles. The minimum Gasteiger partial charge on any atom is -1.00 e.